The van der Waals surface area contributed by atoms with E-state index in [0.717, 1.165) is 11.3 Å². The van der Waals surface area contributed by atoms with Gasteiger partial charge in [0.05, 0.1) is 11.4 Å². The Morgan fingerprint density at radius 2 is 1.70 bits per heavy atom. The molecule has 0 spiro atoms. The summed E-state index contributed by atoms with van der Waals surface area (Å²) in [5, 5.41) is 2.63. The normalized spacial score (nSPS) is 13.2. The van der Waals surface area contributed by atoms with Gasteiger partial charge in [-0.1, -0.05) is 30.3 Å². The van der Waals surface area contributed by atoms with Crippen LogP contribution in [0.5, 0.6) is 0 Å². The maximum Gasteiger partial charge on any atom is 0.326 e. The molecule has 2 amide bonds. The third-order valence-corrected chi connectivity index (χ3v) is 3.45. The lowest BCUT2D eigenvalue weighted by Gasteiger charge is -2.23. The van der Waals surface area contributed by atoms with Gasteiger partial charge in [-0.05, 0) is 23.8 Å². The van der Waals surface area contributed by atoms with Crippen molar-refractivity contribution in [2.45, 2.75) is 6.42 Å². The number of Topliss-reactive ketones (excluding diaryl/α,β-unsaturated/α-hetero) is 1. The van der Waals surface area contributed by atoms with E-state index >= 15 is 0 Å². The molecular weight excluding hydrogens is 252 g/mol. The average molecular weight is 266 g/mol. The zero-order chi connectivity index (χ0) is 14.1. The van der Waals surface area contributed by atoms with Crippen molar-refractivity contribution < 1.29 is 9.59 Å². The summed E-state index contributed by atoms with van der Waals surface area (Å²) in [6.45, 7) is 0. The van der Waals surface area contributed by atoms with Gasteiger partial charge < -0.3 is 5.32 Å². The summed E-state index contributed by atoms with van der Waals surface area (Å²) in [6.07, 6.45) is 0.306. The lowest BCUT2D eigenvalue weighted by Crippen LogP contribution is -2.35. The Balaban J connectivity index is 2.29. The smallest absolute Gasteiger partial charge is 0.326 e. The van der Waals surface area contributed by atoms with Gasteiger partial charge >= 0.3 is 6.03 Å². The molecule has 0 aliphatic carbocycles. The predicted octanol–water partition coefficient (Wildman–Crippen LogP) is 2.90. The third kappa shape index (κ3) is 1.86. The molecule has 0 saturated carbocycles. The van der Waals surface area contributed by atoms with Crippen LogP contribution in [0, 0.1) is 0 Å². The quantitative estimate of drug-likeness (QED) is 0.797. The number of rotatable bonds is 0. The fraction of sp³-hybridized carbons (Fsp3) is 0.125. The van der Waals surface area contributed by atoms with Crippen LogP contribution >= 0.6 is 0 Å². The highest BCUT2D eigenvalue weighted by molar-refractivity contribution is 6.12. The monoisotopic (exact) mass is 266 g/mol. The molecule has 2 aromatic carbocycles. The Kier molecular flexibility index (Phi) is 2.99. The van der Waals surface area contributed by atoms with Crippen LogP contribution in [0.4, 0.5) is 16.2 Å². The van der Waals surface area contributed by atoms with Crippen LogP contribution in [0.2, 0.25) is 0 Å². The van der Waals surface area contributed by atoms with E-state index in [-0.39, 0.29) is 11.8 Å². The first-order chi connectivity index (χ1) is 9.72. The van der Waals surface area contributed by atoms with Crippen LogP contribution < -0.4 is 10.2 Å². The number of para-hydroxylation sites is 2. The van der Waals surface area contributed by atoms with Gasteiger partial charge in [0.2, 0.25) is 0 Å². The second-order valence-corrected chi connectivity index (χ2v) is 4.64. The first kappa shape index (κ1) is 12.4. The van der Waals surface area contributed by atoms with Gasteiger partial charge in [0.1, 0.15) is 0 Å². The Bertz CT molecular complexity index is 694. The number of ketones is 1. The molecular formula is C16H14N2O2. The maximum atomic E-state index is 12.4. The van der Waals surface area contributed by atoms with E-state index in [1.165, 1.54) is 0 Å². The fourth-order valence-electron chi connectivity index (χ4n) is 2.51. The molecule has 0 fully saturated rings. The SMILES string of the molecule is CNC(=O)N1c2ccccc2CC(=O)c2ccccc21. The number of fused-ring (bicyclic) bond motifs is 2. The zero-order valence-electron chi connectivity index (χ0n) is 11.1. The predicted molar refractivity (Wildman–Crippen MR) is 77.5 cm³/mol. The van der Waals surface area contributed by atoms with E-state index in [2.05, 4.69) is 5.32 Å². The number of nitrogens with one attached hydrogen (secondary N) is 1. The Morgan fingerprint density at radius 3 is 2.45 bits per heavy atom. The van der Waals surface area contributed by atoms with Gasteiger partial charge in [-0.2, -0.15) is 0 Å². The number of carbonyl (C=O) groups is 2. The number of hydrogen-bond acceptors (Lipinski definition) is 2. The lowest BCUT2D eigenvalue weighted by molar-refractivity contribution is 0.0994. The van der Waals surface area contributed by atoms with Gasteiger partial charge in [0.25, 0.3) is 0 Å². The maximum absolute atomic E-state index is 12.4. The summed E-state index contributed by atoms with van der Waals surface area (Å²) >= 11 is 0. The number of anilines is 2. The van der Waals surface area contributed by atoms with Gasteiger partial charge in [0.15, 0.2) is 5.78 Å². The lowest BCUT2D eigenvalue weighted by atomic mass is 10.0. The Hall–Kier alpha value is -2.62. The molecule has 0 bridgehead atoms. The minimum Gasteiger partial charge on any atom is -0.340 e. The van der Waals surface area contributed by atoms with Crippen molar-refractivity contribution >= 4 is 23.2 Å². The molecule has 1 aliphatic rings. The molecule has 0 unspecified atom stereocenters. The molecule has 4 heteroatoms. The van der Waals surface area contributed by atoms with Crippen molar-refractivity contribution in [2.24, 2.45) is 0 Å². The summed E-state index contributed by atoms with van der Waals surface area (Å²) < 4.78 is 0. The van der Waals surface area contributed by atoms with Crippen molar-refractivity contribution in [3.8, 4) is 0 Å². The fourth-order valence-corrected chi connectivity index (χ4v) is 2.51. The van der Waals surface area contributed by atoms with E-state index in [1.807, 2.05) is 36.4 Å². The third-order valence-electron chi connectivity index (χ3n) is 3.45. The highest BCUT2D eigenvalue weighted by Crippen LogP contribution is 2.35. The van der Waals surface area contributed by atoms with Crippen molar-refractivity contribution in [3.05, 3.63) is 59.7 Å². The van der Waals surface area contributed by atoms with Crippen LogP contribution in [0.15, 0.2) is 48.5 Å². The van der Waals surface area contributed by atoms with Crippen molar-refractivity contribution in [1.29, 1.82) is 0 Å². The molecule has 0 aromatic heterocycles. The highest BCUT2D eigenvalue weighted by Gasteiger charge is 2.28. The van der Waals surface area contributed by atoms with Crippen molar-refractivity contribution in [3.63, 3.8) is 0 Å². The number of amides is 2. The summed E-state index contributed by atoms with van der Waals surface area (Å²) in [7, 11) is 1.58. The van der Waals surface area contributed by atoms with Crippen LogP contribution in [0.1, 0.15) is 15.9 Å². The van der Waals surface area contributed by atoms with Gasteiger partial charge in [0, 0.05) is 19.0 Å². The van der Waals surface area contributed by atoms with E-state index in [1.54, 1.807) is 24.1 Å². The molecule has 3 rings (SSSR count). The van der Waals surface area contributed by atoms with Crippen molar-refractivity contribution in [1.82, 2.24) is 5.32 Å². The molecule has 0 radical (unpaired) electrons. The molecule has 1 N–H and O–H groups in total. The number of hydrogen-bond donors (Lipinski definition) is 1. The largest absolute Gasteiger partial charge is 0.340 e. The summed E-state index contributed by atoms with van der Waals surface area (Å²) in [5.74, 6) is 0.0273. The second kappa shape index (κ2) is 4.81. The zero-order valence-corrected chi connectivity index (χ0v) is 11.1. The van der Waals surface area contributed by atoms with E-state index in [4.69, 9.17) is 0 Å². The number of benzene rings is 2. The molecule has 4 nitrogen and oxygen atoms in total. The van der Waals surface area contributed by atoms with E-state index < -0.39 is 0 Å². The molecule has 100 valence electrons. The van der Waals surface area contributed by atoms with E-state index in [0.29, 0.717) is 17.7 Å². The molecule has 0 atom stereocenters. The molecule has 0 saturated heterocycles. The molecule has 1 aliphatic heterocycles. The van der Waals surface area contributed by atoms with E-state index in [9.17, 15) is 9.59 Å². The Morgan fingerprint density at radius 1 is 1.05 bits per heavy atom. The van der Waals surface area contributed by atoms with Gasteiger partial charge in [-0.25, -0.2) is 4.79 Å². The minimum absolute atomic E-state index is 0.0273. The van der Waals surface area contributed by atoms with Crippen LogP contribution in [0.25, 0.3) is 0 Å². The first-order valence-corrected chi connectivity index (χ1v) is 6.44. The summed E-state index contributed by atoms with van der Waals surface area (Å²) in [4.78, 5) is 26.2. The van der Waals surface area contributed by atoms with Crippen molar-refractivity contribution in [2.75, 3.05) is 11.9 Å². The average Bonchev–Trinajstić information content (AvgIpc) is 2.61. The molecule has 20 heavy (non-hydrogen) atoms. The topological polar surface area (TPSA) is 49.4 Å². The number of carbonyl (C=O) groups excluding carboxylic acids is 2. The van der Waals surface area contributed by atoms with Crippen LogP contribution in [-0.2, 0) is 6.42 Å². The van der Waals surface area contributed by atoms with Gasteiger partial charge in [-0.15, -0.1) is 0 Å². The van der Waals surface area contributed by atoms with Gasteiger partial charge in [-0.3, -0.25) is 9.69 Å². The first-order valence-electron chi connectivity index (χ1n) is 6.44. The standard InChI is InChI=1S/C16H14N2O2/c1-17-16(20)18-13-8-4-2-6-11(13)10-15(19)12-7-3-5-9-14(12)18/h2-9H,10H2,1H3,(H,17,20). The highest BCUT2D eigenvalue weighted by atomic mass is 16.2. The minimum atomic E-state index is -0.250. The number of urea groups is 1. The van der Waals surface area contributed by atoms with Crippen LogP contribution in [-0.4, -0.2) is 18.9 Å². The second-order valence-electron chi connectivity index (χ2n) is 4.64. The number of nitrogens with zero attached hydrogens (tertiary/aromatic N) is 1. The Labute approximate surface area is 117 Å². The molecule has 2 aromatic rings. The van der Waals surface area contributed by atoms with Crippen LogP contribution in [0.3, 0.4) is 0 Å². The summed E-state index contributed by atoms with van der Waals surface area (Å²) in [5.41, 5.74) is 2.82. The summed E-state index contributed by atoms with van der Waals surface area (Å²) in [6, 6.07) is 14.4. The molecule has 1 heterocycles.